The lowest BCUT2D eigenvalue weighted by atomic mass is 9.98. The van der Waals surface area contributed by atoms with Crippen molar-refractivity contribution in [2.75, 3.05) is 19.7 Å². The van der Waals surface area contributed by atoms with Gasteiger partial charge in [0.2, 0.25) is 5.91 Å². The van der Waals surface area contributed by atoms with Crippen LogP contribution in [-0.2, 0) is 11.2 Å². The number of para-hydroxylation sites is 2. The number of carbonyl (C=O) groups is 1. The molecule has 4 nitrogen and oxygen atoms in total. The fourth-order valence-electron chi connectivity index (χ4n) is 3.88. The van der Waals surface area contributed by atoms with Gasteiger partial charge in [-0.3, -0.25) is 4.79 Å². The number of amides is 1. The molecule has 2 heterocycles. The van der Waals surface area contributed by atoms with Crippen LogP contribution < -0.4 is 4.74 Å². The number of hydrogen-bond acceptors (Lipinski definition) is 4. The first kappa shape index (κ1) is 18.9. The number of hydrogen-bond donors (Lipinski definition) is 0. The van der Waals surface area contributed by atoms with Gasteiger partial charge in [0.15, 0.2) is 0 Å². The maximum Gasteiger partial charge on any atom is 0.222 e. The molecule has 0 N–H and O–H groups in total. The van der Waals surface area contributed by atoms with Gasteiger partial charge in [0, 0.05) is 25.4 Å². The molecule has 0 aliphatic carbocycles. The molecule has 146 valence electrons. The van der Waals surface area contributed by atoms with Gasteiger partial charge in [0.1, 0.15) is 5.75 Å². The number of nitrogens with zero attached hydrogens (tertiary/aromatic N) is 2. The van der Waals surface area contributed by atoms with E-state index in [4.69, 9.17) is 9.72 Å². The van der Waals surface area contributed by atoms with Crippen molar-refractivity contribution >= 4 is 27.5 Å². The number of benzene rings is 2. The van der Waals surface area contributed by atoms with E-state index >= 15 is 0 Å². The fraction of sp³-hybridized carbons (Fsp3) is 0.391. The Labute approximate surface area is 170 Å². The predicted molar refractivity (Wildman–Crippen MR) is 114 cm³/mol. The van der Waals surface area contributed by atoms with E-state index in [9.17, 15) is 4.79 Å². The van der Waals surface area contributed by atoms with Crippen molar-refractivity contribution in [2.24, 2.45) is 0 Å². The number of fused-ring (bicyclic) bond motifs is 1. The van der Waals surface area contributed by atoms with Gasteiger partial charge >= 0.3 is 0 Å². The summed E-state index contributed by atoms with van der Waals surface area (Å²) in [6.45, 7) is 4.26. The Bertz CT molecular complexity index is 919. The van der Waals surface area contributed by atoms with E-state index in [1.165, 1.54) is 9.71 Å². The van der Waals surface area contributed by atoms with E-state index in [1.807, 2.05) is 36.1 Å². The van der Waals surface area contributed by atoms with Crippen LogP contribution in [0.15, 0.2) is 48.5 Å². The first-order valence-corrected chi connectivity index (χ1v) is 10.9. The topological polar surface area (TPSA) is 42.4 Å². The number of thiazole rings is 1. The SMILES string of the molecule is CCOc1ccccc1CCC(=O)N1CCC[C@@H](c2nc3ccccc3s2)C1. The lowest BCUT2D eigenvalue weighted by Crippen LogP contribution is -2.39. The minimum absolute atomic E-state index is 0.233. The lowest BCUT2D eigenvalue weighted by Gasteiger charge is -2.32. The van der Waals surface area contributed by atoms with Gasteiger partial charge < -0.3 is 9.64 Å². The van der Waals surface area contributed by atoms with Crippen LogP contribution in [0.4, 0.5) is 0 Å². The molecule has 1 aliphatic rings. The van der Waals surface area contributed by atoms with Crippen molar-refractivity contribution in [3.8, 4) is 5.75 Å². The van der Waals surface area contributed by atoms with E-state index in [0.717, 1.165) is 49.2 Å². The Morgan fingerprint density at radius 3 is 2.89 bits per heavy atom. The molecular formula is C23H26N2O2S. The van der Waals surface area contributed by atoms with Gasteiger partial charge in [-0.1, -0.05) is 30.3 Å². The summed E-state index contributed by atoms with van der Waals surface area (Å²) in [7, 11) is 0. The van der Waals surface area contributed by atoms with Gasteiger partial charge in [-0.2, -0.15) is 0 Å². The van der Waals surface area contributed by atoms with Crippen LogP contribution in [0.2, 0.25) is 0 Å². The average Bonchev–Trinajstić information content (AvgIpc) is 3.18. The molecule has 2 aromatic carbocycles. The second-order valence-electron chi connectivity index (χ2n) is 7.24. The minimum atomic E-state index is 0.233. The third-order valence-corrected chi connectivity index (χ3v) is 6.51. The van der Waals surface area contributed by atoms with Crippen molar-refractivity contribution < 1.29 is 9.53 Å². The molecule has 1 saturated heterocycles. The molecule has 1 atom stereocenters. The maximum atomic E-state index is 12.9. The van der Waals surface area contributed by atoms with Crippen LogP contribution in [-0.4, -0.2) is 35.5 Å². The first-order valence-electron chi connectivity index (χ1n) is 10.1. The van der Waals surface area contributed by atoms with Crippen molar-refractivity contribution in [2.45, 2.75) is 38.5 Å². The number of piperidine rings is 1. The minimum Gasteiger partial charge on any atom is -0.494 e. The highest BCUT2D eigenvalue weighted by Crippen LogP contribution is 2.33. The first-order chi connectivity index (χ1) is 13.7. The molecular weight excluding hydrogens is 368 g/mol. The summed E-state index contributed by atoms with van der Waals surface area (Å²) in [5.74, 6) is 1.48. The maximum absolute atomic E-state index is 12.9. The van der Waals surface area contributed by atoms with Gasteiger partial charge in [-0.15, -0.1) is 11.3 Å². The number of carbonyl (C=O) groups excluding carboxylic acids is 1. The molecule has 0 bridgehead atoms. The second kappa shape index (κ2) is 8.74. The zero-order valence-electron chi connectivity index (χ0n) is 16.3. The molecule has 5 heteroatoms. The molecule has 1 aliphatic heterocycles. The van der Waals surface area contributed by atoms with E-state index in [2.05, 4.69) is 24.3 Å². The molecule has 0 saturated carbocycles. The summed E-state index contributed by atoms with van der Waals surface area (Å²) < 4.78 is 6.92. The standard InChI is InChI=1S/C23H26N2O2S/c1-2-27-20-11-5-3-8-17(20)13-14-22(26)25-15-7-9-18(16-25)23-24-19-10-4-6-12-21(19)28-23/h3-6,8,10-12,18H,2,7,9,13-16H2,1H3/t18-/m1/s1. The van der Waals surface area contributed by atoms with Gasteiger partial charge in [0.05, 0.1) is 21.8 Å². The monoisotopic (exact) mass is 394 g/mol. The summed E-state index contributed by atoms with van der Waals surface area (Å²) in [5, 5.41) is 1.17. The molecule has 1 fully saturated rings. The fourth-order valence-corrected chi connectivity index (χ4v) is 4.97. The number of rotatable bonds is 6. The van der Waals surface area contributed by atoms with E-state index in [-0.39, 0.29) is 5.91 Å². The Balaban J connectivity index is 1.39. The quantitative estimate of drug-likeness (QED) is 0.589. The smallest absolute Gasteiger partial charge is 0.222 e. The third-order valence-electron chi connectivity index (χ3n) is 5.31. The summed E-state index contributed by atoms with van der Waals surface area (Å²) in [6, 6.07) is 16.3. The van der Waals surface area contributed by atoms with Crippen LogP contribution in [0.25, 0.3) is 10.2 Å². The third kappa shape index (κ3) is 4.20. The van der Waals surface area contributed by atoms with E-state index < -0.39 is 0 Å². The van der Waals surface area contributed by atoms with E-state index in [0.29, 0.717) is 18.9 Å². The Kier molecular flexibility index (Phi) is 5.91. The van der Waals surface area contributed by atoms with Crippen molar-refractivity contribution in [1.29, 1.82) is 0 Å². The van der Waals surface area contributed by atoms with Crippen LogP contribution in [0.1, 0.15) is 42.7 Å². The van der Waals surface area contributed by atoms with Gasteiger partial charge in [-0.05, 0) is 49.9 Å². The molecule has 28 heavy (non-hydrogen) atoms. The normalized spacial score (nSPS) is 17.0. The van der Waals surface area contributed by atoms with Gasteiger partial charge in [-0.25, -0.2) is 4.98 Å². The Morgan fingerprint density at radius 1 is 1.21 bits per heavy atom. The van der Waals surface area contributed by atoms with Crippen molar-refractivity contribution in [3.05, 3.63) is 59.1 Å². The number of ether oxygens (including phenoxy) is 1. The molecule has 1 aromatic heterocycles. The number of likely N-dealkylation sites (tertiary alicyclic amines) is 1. The highest BCUT2D eigenvalue weighted by Gasteiger charge is 2.26. The van der Waals surface area contributed by atoms with E-state index in [1.54, 1.807) is 11.3 Å². The Morgan fingerprint density at radius 2 is 2.04 bits per heavy atom. The summed E-state index contributed by atoms with van der Waals surface area (Å²) in [6.07, 6.45) is 3.40. The van der Waals surface area contributed by atoms with Crippen LogP contribution in [0.3, 0.4) is 0 Å². The molecule has 1 amide bonds. The molecule has 0 spiro atoms. The number of aromatic nitrogens is 1. The van der Waals surface area contributed by atoms with Crippen LogP contribution in [0.5, 0.6) is 5.75 Å². The van der Waals surface area contributed by atoms with Gasteiger partial charge in [0.25, 0.3) is 0 Å². The van der Waals surface area contributed by atoms with Crippen molar-refractivity contribution in [3.63, 3.8) is 0 Å². The molecule has 0 radical (unpaired) electrons. The van der Waals surface area contributed by atoms with Crippen molar-refractivity contribution in [1.82, 2.24) is 9.88 Å². The highest BCUT2D eigenvalue weighted by molar-refractivity contribution is 7.18. The summed E-state index contributed by atoms with van der Waals surface area (Å²) in [4.78, 5) is 19.7. The number of aryl methyl sites for hydroxylation is 1. The zero-order chi connectivity index (χ0) is 19.3. The largest absolute Gasteiger partial charge is 0.494 e. The molecule has 4 rings (SSSR count). The highest BCUT2D eigenvalue weighted by atomic mass is 32.1. The predicted octanol–water partition coefficient (Wildman–Crippen LogP) is 5.03. The zero-order valence-corrected chi connectivity index (χ0v) is 17.1. The molecule has 0 unspecified atom stereocenters. The van der Waals surface area contributed by atoms with Crippen LogP contribution >= 0.6 is 11.3 Å². The lowest BCUT2D eigenvalue weighted by molar-refractivity contribution is -0.132. The summed E-state index contributed by atoms with van der Waals surface area (Å²) in [5.41, 5.74) is 2.18. The van der Waals surface area contributed by atoms with Crippen LogP contribution in [0, 0.1) is 0 Å². The second-order valence-corrected chi connectivity index (χ2v) is 8.30. The summed E-state index contributed by atoms with van der Waals surface area (Å²) >= 11 is 1.77. The average molecular weight is 395 g/mol. The Hall–Kier alpha value is -2.40. The molecule has 3 aromatic rings.